The van der Waals surface area contributed by atoms with Gasteiger partial charge in [-0.15, -0.1) is 0 Å². The Morgan fingerprint density at radius 3 is 2.55 bits per heavy atom. The van der Waals surface area contributed by atoms with E-state index >= 15 is 0 Å². The van der Waals surface area contributed by atoms with E-state index in [9.17, 15) is 18.0 Å². The van der Waals surface area contributed by atoms with Gasteiger partial charge in [0.2, 0.25) is 0 Å². The van der Waals surface area contributed by atoms with Crippen LogP contribution in [0.3, 0.4) is 0 Å². The first kappa shape index (κ1) is 14.8. The number of hydrogen-bond acceptors (Lipinski definition) is 3. The molecule has 1 aliphatic rings. The molecule has 0 aliphatic carbocycles. The van der Waals surface area contributed by atoms with Crippen molar-refractivity contribution in [1.29, 1.82) is 0 Å². The van der Waals surface area contributed by atoms with E-state index in [1.54, 1.807) is 24.3 Å². The van der Waals surface area contributed by atoms with Gasteiger partial charge < -0.3 is 4.74 Å². The summed E-state index contributed by atoms with van der Waals surface area (Å²) in [4.78, 5) is 12.8. The fraction of sp³-hybridized carbons (Fsp3) is 0.500. The zero-order chi connectivity index (χ0) is 14.8. The zero-order valence-electron chi connectivity index (χ0n) is 11.1. The Morgan fingerprint density at radius 1 is 1.35 bits per heavy atom. The Balaban J connectivity index is 2.14. The molecule has 1 heterocycles. The molecule has 6 heteroatoms. The van der Waals surface area contributed by atoms with Crippen LogP contribution in [-0.4, -0.2) is 36.7 Å². The number of nitrogens with zero attached hydrogens (tertiary/aromatic N) is 1. The van der Waals surface area contributed by atoms with Gasteiger partial charge in [0.1, 0.15) is 6.04 Å². The first-order valence-corrected chi connectivity index (χ1v) is 6.34. The van der Waals surface area contributed by atoms with Crippen molar-refractivity contribution in [2.24, 2.45) is 5.92 Å². The monoisotopic (exact) mass is 287 g/mol. The Bertz CT molecular complexity index is 461. The molecule has 0 N–H and O–H groups in total. The van der Waals surface area contributed by atoms with Gasteiger partial charge in [-0.05, 0) is 12.0 Å². The predicted octanol–water partition coefficient (Wildman–Crippen LogP) is 2.61. The van der Waals surface area contributed by atoms with Gasteiger partial charge >= 0.3 is 12.1 Å². The first-order chi connectivity index (χ1) is 9.41. The fourth-order valence-corrected chi connectivity index (χ4v) is 2.57. The summed E-state index contributed by atoms with van der Waals surface area (Å²) in [5, 5.41) is 0. The number of benzene rings is 1. The molecule has 0 aromatic heterocycles. The lowest BCUT2D eigenvalue weighted by Gasteiger charge is -2.26. The molecule has 20 heavy (non-hydrogen) atoms. The van der Waals surface area contributed by atoms with Crippen LogP contribution in [0.1, 0.15) is 12.0 Å². The number of hydrogen-bond donors (Lipinski definition) is 0. The van der Waals surface area contributed by atoms with E-state index in [0.717, 1.165) is 5.56 Å². The number of likely N-dealkylation sites (tertiary alicyclic amines) is 1. The number of methoxy groups -OCH3 is 1. The van der Waals surface area contributed by atoms with Crippen LogP contribution >= 0.6 is 0 Å². The Hall–Kier alpha value is -1.56. The molecule has 1 saturated heterocycles. The summed E-state index contributed by atoms with van der Waals surface area (Å²) in [5.41, 5.74) is 0.798. The molecule has 0 amide bonds. The second-order valence-electron chi connectivity index (χ2n) is 4.93. The van der Waals surface area contributed by atoms with Crippen molar-refractivity contribution in [3.8, 4) is 0 Å². The molecule has 0 radical (unpaired) electrons. The molecule has 1 aromatic rings. The lowest BCUT2D eigenvalue weighted by molar-refractivity contribution is -0.177. The number of carbonyl (C=O) groups excluding carboxylic acids is 1. The Morgan fingerprint density at radius 2 is 2.00 bits per heavy atom. The van der Waals surface area contributed by atoms with Crippen molar-refractivity contribution in [3.63, 3.8) is 0 Å². The summed E-state index contributed by atoms with van der Waals surface area (Å²) in [5.74, 6) is -1.29. The standard InChI is InChI=1S/C14H16F3NO2/c1-20-13(19)11-7-12(14(15,16)17)18(9-11)8-10-5-3-2-4-6-10/h2-6,11-12H,7-9H2,1H3/t11-,12-/m1/s1. The Kier molecular flexibility index (Phi) is 4.32. The Labute approximate surface area is 115 Å². The van der Waals surface area contributed by atoms with Crippen LogP contribution in [0.5, 0.6) is 0 Å². The van der Waals surface area contributed by atoms with Crippen LogP contribution in [-0.2, 0) is 16.1 Å². The van der Waals surface area contributed by atoms with Gasteiger partial charge in [0.05, 0.1) is 13.0 Å². The summed E-state index contributed by atoms with van der Waals surface area (Å²) in [6, 6.07) is 7.34. The van der Waals surface area contributed by atoms with Crippen molar-refractivity contribution >= 4 is 5.97 Å². The van der Waals surface area contributed by atoms with Crippen LogP contribution in [0.15, 0.2) is 30.3 Å². The normalized spacial score (nSPS) is 23.8. The van der Waals surface area contributed by atoms with Crippen LogP contribution in [0.4, 0.5) is 13.2 Å². The molecule has 2 atom stereocenters. The minimum Gasteiger partial charge on any atom is -0.469 e. The van der Waals surface area contributed by atoms with Crippen molar-refractivity contribution in [3.05, 3.63) is 35.9 Å². The summed E-state index contributed by atoms with van der Waals surface area (Å²) >= 11 is 0. The summed E-state index contributed by atoms with van der Waals surface area (Å²) < 4.78 is 43.7. The number of rotatable bonds is 3. The maximum absolute atomic E-state index is 13.1. The summed E-state index contributed by atoms with van der Waals surface area (Å²) in [6.45, 7) is 0.254. The molecule has 0 saturated carbocycles. The highest BCUT2D eigenvalue weighted by atomic mass is 19.4. The van der Waals surface area contributed by atoms with E-state index in [2.05, 4.69) is 4.74 Å². The molecule has 0 bridgehead atoms. The van der Waals surface area contributed by atoms with E-state index in [1.165, 1.54) is 12.0 Å². The van der Waals surface area contributed by atoms with Crippen molar-refractivity contribution in [1.82, 2.24) is 4.90 Å². The molecular formula is C14H16F3NO2. The van der Waals surface area contributed by atoms with Gasteiger partial charge in [-0.3, -0.25) is 9.69 Å². The van der Waals surface area contributed by atoms with Crippen LogP contribution in [0, 0.1) is 5.92 Å². The van der Waals surface area contributed by atoms with Gasteiger partial charge in [-0.25, -0.2) is 0 Å². The minimum absolute atomic E-state index is 0.0751. The molecule has 3 nitrogen and oxygen atoms in total. The molecule has 0 spiro atoms. The van der Waals surface area contributed by atoms with Crippen LogP contribution in [0.2, 0.25) is 0 Å². The highest BCUT2D eigenvalue weighted by Gasteiger charge is 2.50. The number of alkyl halides is 3. The van der Waals surface area contributed by atoms with E-state index in [1.807, 2.05) is 6.07 Å². The number of ether oxygens (including phenoxy) is 1. The third kappa shape index (κ3) is 3.30. The zero-order valence-corrected chi connectivity index (χ0v) is 11.1. The molecule has 0 unspecified atom stereocenters. The van der Waals surface area contributed by atoms with Crippen molar-refractivity contribution in [2.75, 3.05) is 13.7 Å². The molecular weight excluding hydrogens is 271 g/mol. The van der Waals surface area contributed by atoms with E-state index in [4.69, 9.17) is 0 Å². The van der Waals surface area contributed by atoms with Gasteiger partial charge in [-0.2, -0.15) is 13.2 Å². The number of esters is 1. The molecule has 2 rings (SSSR count). The number of halogens is 3. The molecule has 1 aromatic carbocycles. The summed E-state index contributed by atoms with van der Waals surface area (Å²) in [7, 11) is 1.20. The third-order valence-electron chi connectivity index (χ3n) is 3.54. The SMILES string of the molecule is COC(=O)[C@@H]1C[C@H](C(F)(F)F)N(Cc2ccccc2)C1. The maximum atomic E-state index is 13.1. The average molecular weight is 287 g/mol. The molecule has 110 valence electrons. The van der Waals surface area contributed by atoms with Crippen molar-refractivity contribution in [2.45, 2.75) is 25.2 Å². The van der Waals surface area contributed by atoms with Gasteiger partial charge in [0.15, 0.2) is 0 Å². The largest absolute Gasteiger partial charge is 0.469 e. The second kappa shape index (κ2) is 5.83. The fourth-order valence-electron chi connectivity index (χ4n) is 2.57. The van der Waals surface area contributed by atoms with Gasteiger partial charge in [-0.1, -0.05) is 30.3 Å². The lowest BCUT2D eigenvalue weighted by atomic mass is 10.1. The average Bonchev–Trinajstić information content (AvgIpc) is 2.83. The minimum atomic E-state index is -4.34. The lowest BCUT2D eigenvalue weighted by Crippen LogP contribution is -2.40. The van der Waals surface area contributed by atoms with Crippen LogP contribution in [0.25, 0.3) is 0 Å². The van der Waals surface area contributed by atoms with E-state index in [-0.39, 0.29) is 19.5 Å². The van der Waals surface area contributed by atoms with Gasteiger partial charge in [0.25, 0.3) is 0 Å². The summed E-state index contributed by atoms with van der Waals surface area (Å²) in [6.07, 6.45) is -4.57. The highest BCUT2D eigenvalue weighted by molar-refractivity contribution is 5.73. The molecule has 1 aliphatic heterocycles. The van der Waals surface area contributed by atoms with Gasteiger partial charge in [0, 0.05) is 13.1 Å². The predicted molar refractivity (Wildman–Crippen MR) is 66.8 cm³/mol. The van der Waals surface area contributed by atoms with E-state index in [0.29, 0.717) is 0 Å². The third-order valence-corrected chi connectivity index (χ3v) is 3.54. The first-order valence-electron chi connectivity index (χ1n) is 6.34. The topological polar surface area (TPSA) is 29.5 Å². The number of carbonyl (C=O) groups is 1. The van der Waals surface area contributed by atoms with E-state index < -0.39 is 24.1 Å². The van der Waals surface area contributed by atoms with Crippen LogP contribution < -0.4 is 0 Å². The molecule has 1 fully saturated rings. The van der Waals surface area contributed by atoms with Crippen molar-refractivity contribution < 1.29 is 22.7 Å². The quantitative estimate of drug-likeness (QED) is 0.800. The maximum Gasteiger partial charge on any atom is 0.404 e. The second-order valence-corrected chi connectivity index (χ2v) is 4.93. The highest BCUT2D eigenvalue weighted by Crippen LogP contribution is 2.36. The smallest absolute Gasteiger partial charge is 0.404 e.